The van der Waals surface area contributed by atoms with Crippen LogP contribution in [0.3, 0.4) is 0 Å². The third-order valence-corrected chi connectivity index (χ3v) is 3.67. The van der Waals surface area contributed by atoms with Crippen molar-refractivity contribution in [2.75, 3.05) is 7.11 Å². The van der Waals surface area contributed by atoms with Gasteiger partial charge in [-0.1, -0.05) is 18.2 Å². The maximum Gasteiger partial charge on any atom is 0.222 e. The quantitative estimate of drug-likeness (QED) is 0.761. The molecule has 1 heterocycles. The van der Waals surface area contributed by atoms with Gasteiger partial charge < -0.3 is 9.84 Å². The summed E-state index contributed by atoms with van der Waals surface area (Å²) in [5.74, 6) is 0.923. The van der Waals surface area contributed by atoms with Gasteiger partial charge >= 0.3 is 0 Å². The summed E-state index contributed by atoms with van der Waals surface area (Å²) in [6, 6.07) is 12.0. The smallest absolute Gasteiger partial charge is 0.222 e. The fraction of sp³-hybridized carbons (Fsp3) is 0.0714. The minimum Gasteiger partial charge on any atom is -0.497 e. The fourth-order valence-electron chi connectivity index (χ4n) is 1.88. The van der Waals surface area contributed by atoms with Crippen molar-refractivity contribution in [1.29, 1.82) is 0 Å². The molecule has 0 aliphatic heterocycles. The highest BCUT2D eigenvalue weighted by Gasteiger charge is 2.05. The summed E-state index contributed by atoms with van der Waals surface area (Å²) in [7, 11) is 1.66. The number of methoxy groups -OCH3 is 1. The molecule has 3 rings (SSSR count). The van der Waals surface area contributed by atoms with E-state index < -0.39 is 0 Å². The van der Waals surface area contributed by atoms with Crippen molar-refractivity contribution in [2.45, 2.75) is 0 Å². The first-order valence-corrected chi connectivity index (χ1v) is 6.37. The van der Waals surface area contributed by atoms with Crippen LogP contribution in [-0.2, 0) is 0 Å². The van der Waals surface area contributed by atoms with Crippen molar-refractivity contribution in [3.63, 3.8) is 0 Å². The number of hydrogen-bond donors (Lipinski definition) is 1. The van der Waals surface area contributed by atoms with Gasteiger partial charge in [0.1, 0.15) is 10.8 Å². The first-order chi connectivity index (χ1) is 8.76. The van der Waals surface area contributed by atoms with Crippen LogP contribution in [0.5, 0.6) is 11.6 Å². The number of thiazole rings is 1. The molecule has 1 aromatic heterocycles. The zero-order valence-corrected chi connectivity index (χ0v) is 10.6. The monoisotopic (exact) mass is 257 g/mol. The molecule has 0 aliphatic carbocycles. The van der Waals surface area contributed by atoms with E-state index in [0.29, 0.717) is 0 Å². The number of fused-ring (bicyclic) bond motifs is 1. The Morgan fingerprint density at radius 2 is 1.89 bits per heavy atom. The largest absolute Gasteiger partial charge is 0.497 e. The zero-order chi connectivity index (χ0) is 12.5. The topological polar surface area (TPSA) is 42.4 Å². The molecule has 4 heteroatoms. The van der Waals surface area contributed by atoms with Gasteiger partial charge in [-0.05, 0) is 29.0 Å². The molecule has 90 valence electrons. The van der Waals surface area contributed by atoms with Crippen molar-refractivity contribution in [3.05, 3.63) is 41.8 Å². The molecule has 2 aromatic carbocycles. The Labute approximate surface area is 108 Å². The fourth-order valence-corrected chi connectivity index (χ4v) is 2.56. The maximum absolute atomic E-state index is 9.28. The van der Waals surface area contributed by atoms with Gasteiger partial charge in [0.25, 0.3) is 0 Å². The van der Waals surface area contributed by atoms with Gasteiger partial charge in [-0.2, -0.15) is 0 Å². The van der Waals surface area contributed by atoms with Crippen LogP contribution in [0.1, 0.15) is 0 Å². The lowest BCUT2D eigenvalue weighted by Gasteiger charge is -2.04. The third kappa shape index (κ3) is 1.91. The molecule has 0 radical (unpaired) electrons. The van der Waals surface area contributed by atoms with Crippen molar-refractivity contribution >= 4 is 22.1 Å². The molecule has 0 fully saturated rings. The first kappa shape index (κ1) is 11.0. The highest BCUT2D eigenvalue weighted by molar-refractivity contribution is 7.13. The Kier molecular flexibility index (Phi) is 2.64. The van der Waals surface area contributed by atoms with Gasteiger partial charge in [-0.25, -0.2) is 4.98 Å². The maximum atomic E-state index is 9.28. The van der Waals surface area contributed by atoms with Crippen LogP contribution in [-0.4, -0.2) is 17.2 Å². The Morgan fingerprint density at radius 1 is 1.11 bits per heavy atom. The summed E-state index contributed by atoms with van der Waals surface area (Å²) >= 11 is 1.43. The number of benzene rings is 2. The third-order valence-electron chi connectivity index (χ3n) is 2.79. The van der Waals surface area contributed by atoms with E-state index in [-0.39, 0.29) is 5.88 Å². The molecule has 1 N–H and O–H groups in total. The van der Waals surface area contributed by atoms with Gasteiger partial charge in [0, 0.05) is 5.56 Å². The lowest BCUT2D eigenvalue weighted by atomic mass is 10.1. The van der Waals surface area contributed by atoms with Crippen LogP contribution in [0.4, 0.5) is 0 Å². The van der Waals surface area contributed by atoms with Gasteiger partial charge in [0.15, 0.2) is 0 Å². The zero-order valence-electron chi connectivity index (χ0n) is 9.75. The standard InChI is InChI=1S/C14H11NO2S/c1-17-12-5-4-9-6-11(3-2-10(9)7-12)14-15-13(16)8-18-14/h2-8,16H,1H3. The summed E-state index contributed by atoms with van der Waals surface area (Å²) in [6.07, 6.45) is 0. The normalized spacial score (nSPS) is 10.7. The summed E-state index contributed by atoms with van der Waals surface area (Å²) < 4.78 is 5.20. The summed E-state index contributed by atoms with van der Waals surface area (Å²) in [5.41, 5.74) is 1.01. The molecule has 0 amide bonds. The highest BCUT2D eigenvalue weighted by Crippen LogP contribution is 2.30. The highest BCUT2D eigenvalue weighted by atomic mass is 32.1. The number of hydrogen-bond acceptors (Lipinski definition) is 4. The molecule has 3 aromatic rings. The predicted molar refractivity (Wildman–Crippen MR) is 73.3 cm³/mol. The van der Waals surface area contributed by atoms with Crippen LogP contribution < -0.4 is 4.74 Å². The second-order valence-electron chi connectivity index (χ2n) is 3.94. The molecule has 0 aliphatic rings. The van der Waals surface area contributed by atoms with E-state index in [9.17, 15) is 5.11 Å². The Hall–Kier alpha value is -2.07. The molecule has 3 nitrogen and oxygen atoms in total. The number of aromatic nitrogens is 1. The van der Waals surface area contributed by atoms with Crippen LogP contribution in [0, 0.1) is 0 Å². The second kappa shape index (κ2) is 4.31. The number of rotatable bonds is 2. The van der Waals surface area contributed by atoms with Crippen LogP contribution in [0.25, 0.3) is 21.3 Å². The Balaban J connectivity index is 2.11. The molecule has 0 unspecified atom stereocenters. The summed E-state index contributed by atoms with van der Waals surface area (Å²) in [5, 5.41) is 14.0. The van der Waals surface area contributed by atoms with Crippen LogP contribution in [0.15, 0.2) is 41.8 Å². The van der Waals surface area contributed by atoms with E-state index in [1.807, 2.05) is 30.3 Å². The van der Waals surface area contributed by atoms with E-state index in [4.69, 9.17) is 4.74 Å². The van der Waals surface area contributed by atoms with Crippen molar-refractivity contribution in [3.8, 4) is 22.2 Å². The lowest BCUT2D eigenvalue weighted by Crippen LogP contribution is -1.83. The van der Waals surface area contributed by atoms with Gasteiger partial charge in [-0.15, -0.1) is 11.3 Å². The second-order valence-corrected chi connectivity index (χ2v) is 4.80. The Morgan fingerprint density at radius 3 is 2.61 bits per heavy atom. The minimum absolute atomic E-state index is 0.0739. The SMILES string of the molecule is COc1ccc2cc(-c3nc(O)cs3)ccc2c1. The van der Waals surface area contributed by atoms with Crippen molar-refractivity contribution in [1.82, 2.24) is 4.98 Å². The van der Waals surface area contributed by atoms with Gasteiger partial charge in [-0.3, -0.25) is 0 Å². The minimum atomic E-state index is 0.0739. The molecular formula is C14H11NO2S. The van der Waals surface area contributed by atoms with Crippen LogP contribution in [0.2, 0.25) is 0 Å². The lowest BCUT2D eigenvalue weighted by molar-refractivity contribution is 0.415. The average molecular weight is 257 g/mol. The van der Waals surface area contributed by atoms with E-state index >= 15 is 0 Å². The first-order valence-electron chi connectivity index (χ1n) is 5.49. The summed E-state index contributed by atoms with van der Waals surface area (Å²) in [4.78, 5) is 4.07. The van der Waals surface area contributed by atoms with Gasteiger partial charge in [0.2, 0.25) is 5.88 Å². The van der Waals surface area contributed by atoms with Crippen molar-refractivity contribution < 1.29 is 9.84 Å². The summed E-state index contributed by atoms with van der Waals surface area (Å²) in [6.45, 7) is 0. The molecule has 0 atom stereocenters. The predicted octanol–water partition coefficient (Wildman–Crippen LogP) is 3.68. The average Bonchev–Trinajstić information content (AvgIpc) is 2.84. The van der Waals surface area contributed by atoms with Gasteiger partial charge in [0.05, 0.1) is 12.5 Å². The number of aromatic hydroxyl groups is 1. The van der Waals surface area contributed by atoms with E-state index in [1.54, 1.807) is 12.5 Å². The van der Waals surface area contributed by atoms with E-state index in [2.05, 4.69) is 11.1 Å². The molecule has 0 spiro atoms. The number of ether oxygens (including phenoxy) is 1. The number of nitrogens with zero attached hydrogens (tertiary/aromatic N) is 1. The molecule has 0 bridgehead atoms. The molecule has 0 saturated carbocycles. The molecule has 18 heavy (non-hydrogen) atoms. The molecular weight excluding hydrogens is 246 g/mol. The molecule has 0 saturated heterocycles. The van der Waals surface area contributed by atoms with Crippen LogP contribution >= 0.6 is 11.3 Å². The Bertz CT molecular complexity index is 706. The van der Waals surface area contributed by atoms with E-state index in [0.717, 1.165) is 27.1 Å². The van der Waals surface area contributed by atoms with Crippen molar-refractivity contribution in [2.24, 2.45) is 0 Å². The van der Waals surface area contributed by atoms with E-state index in [1.165, 1.54) is 11.3 Å².